The van der Waals surface area contributed by atoms with Crippen LogP contribution in [-0.2, 0) is 4.79 Å². The smallest absolute Gasteiger partial charge is 0.220 e. The van der Waals surface area contributed by atoms with Crippen molar-refractivity contribution < 1.29 is 9.53 Å². The van der Waals surface area contributed by atoms with Gasteiger partial charge in [0.05, 0.1) is 6.61 Å². The molecule has 122 valence electrons. The highest BCUT2D eigenvalue weighted by molar-refractivity contribution is 6.31. The third kappa shape index (κ3) is 4.89. The van der Waals surface area contributed by atoms with Gasteiger partial charge in [0.1, 0.15) is 5.75 Å². The first-order valence-electron chi connectivity index (χ1n) is 7.98. The van der Waals surface area contributed by atoms with Crippen molar-refractivity contribution in [3.05, 3.63) is 28.8 Å². The molecule has 3 N–H and O–H groups in total. The number of amides is 1. The third-order valence-electron chi connectivity index (χ3n) is 4.25. The predicted molar refractivity (Wildman–Crippen MR) is 89.2 cm³/mol. The van der Waals surface area contributed by atoms with Crippen molar-refractivity contribution in [2.24, 2.45) is 11.7 Å². The van der Waals surface area contributed by atoms with Crippen molar-refractivity contribution in [1.29, 1.82) is 0 Å². The maximum atomic E-state index is 11.9. The second-order valence-electron chi connectivity index (χ2n) is 5.96. The van der Waals surface area contributed by atoms with Crippen LogP contribution in [-0.4, -0.2) is 25.1 Å². The maximum Gasteiger partial charge on any atom is 0.220 e. The molecule has 2 atom stereocenters. The molecule has 1 saturated carbocycles. The molecule has 0 heterocycles. The molecule has 1 aliphatic rings. The van der Waals surface area contributed by atoms with Crippen LogP contribution >= 0.6 is 11.6 Å². The second kappa shape index (κ2) is 8.39. The normalized spacial score (nSPS) is 20.9. The van der Waals surface area contributed by atoms with Gasteiger partial charge in [-0.05, 0) is 62.4 Å². The van der Waals surface area contributed by atoms with Crippen molar-refractivity contribution in [3.63, 3.8) is 0 Å². The SMILES string of the molecule is Cc1cc(OCCCC(=O)NC2CCCC2CN)ccc1Cl. The van der Waals surface area contributed by atoms with E-state index in [2.05, 4.69) is 5.32 Å². The second-order valence-corrected chi connectivity index (χ2v) is 6.37. The van der Waals surface area contributed by atoms with Crippen LogP contribution in [0.1, 0.15) is 37.7 Å². The van der Waals surface area contributed by atoms with E-state index in [9.17, 15) is 4.79 Å². The van der Waals surface area contributed by atoms with Gasteiger partial charge in [-0.2, -0.15) is 0 Å². The quantitative estimate of drug-likeness (QED) is 0.758. The molecule has 0 spiro atoms. The molecule has 1 aromatic rings. The number of hydrogen-bond acceptors (Lipinski definition) is 3. The highest BCUT2D eigenvalue weighted by Crippen LogP contribution is 2.24. The molecule has 0 saturated heterocycles. The van der Waals surface area contributed by atoms with Gasteiger partial charge in [-0.3, -0.25) is 4.79 Å². The third-order valence-corrected chi connectivity index (χ3v) is 4.68. The minimum Gasteiger partial charge on any atom is -0.494 e. The van der Waals surface area contributed by atoms with E-state index in [-0.39, 0.29) is 11.9 Å². The monoisotopic (exact) mass is 324 g/mol. The standard InChI is InChI=1S/C17H25ClN2O2/c1-12-10-14(7-8-15(12)18)22-9-3-6-17(21)20-16-5-2-4-13(16)11-19/h7-8,10,13,16H,2-6,9,11,19H2,1H3,(H,20,21). The highest BCUT2D eigenvalue weighted by atomic mass is 35.5. The molecule has 1 aromatic carbocycles. The molecule has 5 heteroatoms. The van der Waals surface area contributed by atoms with Gasteiger partial charge in [-0.1, -0.05) is 18.0 Å². The van der Waals surface area contributed by atoms with Crippen LogP contribution < -0.4 is 15.8 Å². The molecule has 0 radical (unpaired) electrons. The molecule has 0 aromatic heterocycles. The number of hydrogen-bond donors (Lipinski definition) is 2. The molecule has 2 rings (SSSR count). The number of carbonyl (C=O) groups is 1. The number of nitrogens with one attached hydrogen (secondary N) is 1. The molecule has 1 fully saturated rings. The van der Waals surface area contributed by atoms with Gasteiger partial charge in [-0.25, -0.2) is 0 Å². The van der Waals surface area contributed by atoms with Gasteiger partial charge >= 0.3 is 0 Å². The first-order chi connectivity index (χ1) is 10.6. The largest absolute Gasteiger partial charge is 0.494 e. The lowest BCUT2D eigenvalue weighted by molar-refractivity contribution is -0.122. The number of rotatable bonds is 7. The molecule has 2 unspecified atom stereocenters. The van der Waals surface area contributed by atoms with Gasteiger partial charge in [0.15, 0.2) is 0 Å². The Bertz CT molecular complexity index is 507. The first kappa shape index (κ1) is 17.1. The van der Waals surface area contributed by atoms with Crippen molar-refractivity contribution in [2.45, 2.75) is 45.1 Å². The zero-order valence-corrected chi connectivity index (χ0v) is 13.9. The predicted octanol–water partition coefficient (Wildman–Crippen LogP) is 3.05. The fourth-order valence-corrected chi connectivity index (χ4v) is 3.04. The van der Waals surface area contributed by atoms with Crippen LogP contribution in [0.15, 0.2) is 18.2 Å². The fraction of sp³-hybridized carbons (Fsp3) is 0.588. The summed E-state index contributed by atoms with van der Waals surface area (Å²) in [5, 5.41) is 3.84. The summed E-state index contributed by atoms with van der Waals surface area (Å²) in [7, 11) is 0. The number of carbonyl (C=O) groups excluding carboxylic acids is 1. The van der Waals surface area contributed by atoms with Crippen LogP contribution in [0.3, 0.4) is 0 Å². The zero-order valence-electron chi connectivity index (χ0n) is 13.1. The summed E-state index contributed by atoms with van der Waals surface area (Å²) in [5.41, 5.74) is 6.72. The van der Waals surface area contributed by atoms with Gasteiger partial charge in [0.2, 0.25) is 5.91 Å². The molecule has 1 amide bonds. The lowest BCUT2D eigenvalue weighted by Crippen LogP contribution is -2.39. The van der Waals surface area contributed by atoms with E-state index < -0.39 is 0 Å². The molecule has 22 heavy (non-hydrogen) atoms. The molecule has 0 bridgehead atoms. The lowest BCUT2D eigenvalue weighted by Gasteiger charge is -2.19. The Labute approximate surface area is 137 Å². The lowest BCUT2D eigenvalue weighted by atomic mass is 10.0. The van der Waals surface area contributed by atoms with Crippen LogP contribution in [0.25, 0.3) is 0 Å². The van der Waals surface area contributed by atoms with E-state index in [0.29, 0.717) is 31.9 Å². The number of benzene rings is 1. The molecule has 1 aliphatic carbocycles. The number of aryl methyl sites for hydroxylation is 1. The zero-order chi connectivity index (χ0) is 15.9. The van der Waals surface area contributed by atoms with Gasteiger partial charge in [0.25, 0.3) is 0 Å². The van der Waals surface area contributed by atoms with Gasteiger partial charge < -0.3 is 15.8 Å². The van der Waals surface area contributed by atoms with Crippen molar-refractivity contribution in [3.8, 4) is 5.75 Å². The Hall–Kier alpha value is -1.26. The van der Waals surface area contributed by atoms with Gasteiger partial charge in [0, 0.05) is 17.5 Å². The minimum absolute atomic E-state index is 0.0984. The fourth-order valence-electron chi connectivity index (χ4n) is 2.92. The Balaban J connectivity index is 1.65. The average Bonchev–Trinajstić information content (AvgIpc) is 2.94. The summed E-state index contributed by atoms with van der Waals surface area (Å²) in [6.07, 6.45) is 4.52. The number of halogens is 1. The summed E-state index contributed by atoms with van der Waals surface area (Å²) >= 11 is 5.97. The van der Waals surface area contributed by atoms with Crippen molar-refractivity contribution in [2.75, 3.05) is 13.2 Å². The Morgan fingerprint density at radius 3 is 3.00 bits per heavy atom. The van der Waals surface area contributed by atoms with Crippen molar-refractivity contribution in [1.82, 2.24) is 5.32 Å². The van der Waals surface area contributed by atoms with Crippen LogP contribution in [0, 0.1) is 12.8 Å². The van der Waals surface area contributed by atoms with Gasteiger partial charge in [-0.15, -0.1) is 0 Å². The summed E-state index contributed by atoms with van der Waals surface area (Å²) < 4.78 is 5.65. The van der Waals surface area contributed by atoms with E-state index in [4.69, 9.17) is 22.1 Å². The maximum absolute atomic E-state index is 11.9. The summed E-state index contributed by atoms with van der Waals surface area (Å²) in [6, 6.07) is 5.84. The van der Waals surface area contributed by atoms with Crippen LogP contribution in [0.5, 0.6) is 5.75 Å². The molecular formula is C17H25ClN2O2. The highest BCUT2D eigenvalue weighted by Gasteiger charge is 2.26. The molecular weight excluding hydrogens is 300 g/mol. The Morgan fingerprint density at radius 1 is 1.45 bits per heavy atom. The Morgan fingerprint density at radius 2 is 2.27 bits per heavy atom. The van der Waals surface area contributed by atoms with E-state index in [1.807, 2.05) is 25.1 Å². The van der Waals surface area contributed by atoms with E-state index in [1.54, 1.807) is 0 Å². The summed E-state index contributed by atoms with van der Waals surface area (Å²) in [4.78, 5) is 11.9. The Kier molecular flexibility index (Phi) is 6.52. The molecule has 0 aliphatic heterocycles. The van der Waals surface area contributed by atoms with E-state index in [1.165, 1.54) is 0 Å². The number of nitrogens with two attached hydrogens (primary N) is 1. The molecule has 4 nitrogen and oxygen atoms in total. The number of ether oxygens (including phenoxy) is 1. The van der Waals surface area contributed by atoms with E-state index >= 15 is 0 Å². The topological polar surface area (TPSA) is 64.3 Å². The minimum atomic E-state index is 0.0984. The average molecular weight is 325 g/mol. The van der Waals surface area contributed by atoms with Crippen molar-refractivity contribution >= 4 is 17.5 Å². The first-order valence-corrected chi connectivity index (χ1v) is 8.36. The summed E-state index contributed by atoms with van der Waals surface area (Å²) in [6.45, 7) is 3.13. The van der Waals surface area contributed by atoms with Crippen LogP contribution in [0.4, 0.5) is 0 Å². The summed E-state index contributed by atoms with van der Waals surface area (Å²) in [5.74, 6) is 1.33. The van der Waals surface area contributed by atoms with E-state index in [0.717, 1.165) is 35.6 Å². The van der Waals surface area contributed by atoms with Crippen LogP contribution in [0.2, 0.25) is 5.02 Å².